The molecule has 0 fully saturated rings. The van der Waals surface area contributed by atoms with Gasteiger partial charge in [0, 0.05) is 0 Å². The number of aromatic nitrogens is 2. The van der Waals surface area contributed by atoms with Gasteiger partial charge < -0.3 is 5.73 Å². The number of nitrogens with two attached hydrogens (primary N) is 1. The quantitative estimate of drug-likeness (QED) is 0.336. The van der Waals surface area contributed by atoms with E-state index in [1.807, 2.05) is 0 Å². The molecule has 0 bridgehead atoms. The van der Waals surface area contributed by atoms with Crippen molar-refractivity contribution in [2.24, 2.45) is 5.73 Å². The van der Waals surface area contributed by atoms with Gasteiger partial charge in [-0.3, -0.25) is 5.41 Å². The van der Waals surface area contributed by atoms with Crippen LogP contribution in [0.4, 0.5) is 0 Å². The van der Waals surface area contributed by atoms with Crippen LogP contribution < -0.4 is 27.8 Å². The Hall–Kier alpha value is -2.20. The van der Waals surface area contributed by atoms with Gasteiger partial charge in [0.15, 0.2) is 5.82 Å². The molecule has 0 amide bonds. The van der Waals surface area contributed by atoms with E-state index in [4.69, 9.17) is 16.1 Å². The summed E-state index contributed by atoms with van der Waals surface area (Å²) in [5.74, 6) is 0.309. The van der Waals surface area contributed by atoms with E-state index in [9.17, 15) is 0 Å². The highest BCUT2D eigenvalue weighted by Crippen LogP contribution is 1.96. The number of hydrazine groups is 2. The van der Waals surface area contributed by atoms with E-state index in [-0.39, 0.29) is 5.49 Å². The Labute approximate surface area is 77.2 Å². The van der Waals surface area contributed by atoms with Crippen LogP contribution in [0.25, 0.3) is 0 Å². The van der Waals surface area contributed by atoms with E-state index >= 15 is 0 Å². The number of hydroxylamine groups is 2. The van der Waals surface area contributed by atoms with Crippen LogP contribution in [-0.4, -0.2) is 15.2 Å². The zero-order valence-electron chi connectivity index (χ0n) is 6.89. The van der Waals surface area contributed by atoms with Gasteiger partial charge in [-0.25, -0.2) is 15.6 Å². The summed E-state index contributed by atoms with van der Waals surface area (Å²) in [5.41, 5.74) is 12.8. The van der Waals surface area contributed by atoms with Gasteiger partial charge in [-0.05, 0) is 0 Å². The molecule has 0 saturated carbocycles. The third-order valence-electron chi connectivity index (χ3n) is 1.36. The first-order chi connectivity index (χ1) is 6.77. The Morgan fingerprint density at radius 1 is 1.57 bits per heavy atom. The highest BCUT2D eigenvalue weighted by Gasteiger charge is 2.12. The van der Waals surface area contributed by atoms with Gasteiger partial charge in [-0.1, -0.05) is 10.0 Å². The summed E-state index contributed by atoms with van der Waals surface area (Å²) in [7, 11) is 0. The van der Waals surface area contributed by atoms with Crippen LogP contribution in [-0.2, 0) is 4.94 Å². The van der Waals surface area contributed by atoms with E-state index in [0.29, 0.717) is 5.82 Å². The molecule has 0 aliphatic carbocycles. The Bertz CT molecular complexity index is 392. The fourth-order valence-corrected chi connectivity index (χ4v) is 0.727. The van der Waals surface area contributed by atoms with E-state index in [2.05, 4.69) is 26.3 Å². The molecule has 0 aromatic carbocycles. The fraction of sp³-hybridized carbons (Fsp3) is 0. The van der Waals surface area contributed by atoms with Crippen molar-refractivity contribution >= 4 is 0 Å². The maximum Gasteiger partial charge on any atom is 0.206 e. The van der Waals surface area contributed by atoms with Crippen molar-refractivity contribution in [1.29, 1.82) is 5.41 Å². The lowest BCUT2D eigenvalue weighted by molar-refractivity contribution is -0.184. The predicted molar refractivity (Wildman–Crippen MR) is 41.2 cm³/mol. The van der Waals surface area contributed by atoms with Crippen molar-refractivity contribution < 1.29 is 9.57 Å². The zero-order chi connectivity index (χ0) is 9.97. The standard InChI is InChI=1S/C4H8N8O2/c5-3-1-7-13-11(3)9-10-12-4(6)2-8-14-12/h1-2,5,8-10H,6H2. The van der Waals surface area contributed by atoms with Crippen molar-refractivity contribution in [3.05, 3.63) is 23.7 Å². The van der Waals surface area contributed by atoms with Crippen molar-refractivity contribution in [2.45, 2.75) is 0 Å². The molecular formula is C4H8N8O2. The van der Waals surface area contributed by atoms with Crippen LogP contribution in [0.5, 0.6) is 0 Å². The highest BCUT2D eigenvalue weighted by molar-refractivity contribution is 4.91. The molecule has 0 atom stereocenters. The van der Waals surface area contributed by atoms with Crippen LogP contribution in [0.15, 0.2) is 22.8 Å². The van der Waals surface area contributed by atoms with E-state index in [0.717, 1.165) is 10.0 Å². The summed E-state index contributed by atoms with van der Waals surface area (Å²) >= 11 is 0. The molecule has 6 N–H and O–H groups in total. The van der Waals surface area contributed by atoms with Crippen molar-refractivity contribution in [2.75, 3.05) is 5.53 Å². The molecule has 10 nitrogen and oxygen atoms in total. The Balaban J connectivity index is 1.92. The largest absolute Gasteiger partial charge is 0.381 e. The monoisotopic (exact) mass is 200 g/mol. The number of hydrogen-bond acceptors (Lipinski definition) is 9. The van der Waals surface area contributed by atoms with Gasteiger partial charge in [0.2, 0.25) is 5.49 Å². The number of nitrogens with zero attached hydrogens (tertiary/aromatic N) is 3. The number of rotatable bonds is 3. The third-order valence-corrected chi connectivity index (χ3v) is 1.36. The minimum Gasteiger partial charge on any atom is -0.381 e. The number of hydrogen-bond donors (Lipinski definition) is 5. The molecule has 1 aliphatic heterocycles. The van der Waals surface area contributed by atoms with Gasteiger partial charge in [0.1, 0.15) is 6.20 Å². The average molecular weight is 200 g/mol. The van der Waals surface area contributed by atoms with Crippen LogP contribution in [0.2, 0.25) is 0 Å². The van der Waals surface area contributed by atoms with Gasteiger partial charge in [0.25, 0.3) is 0 Å². The molecule has 10 heteroatoms. The normalized spacial score (nSPS) is 15.1. The van der Waals surface area contributed by atoms with E-state index < -0.39 is 0 Å². The summed E-state index contributed by atoms with van der Waals surface area (Å²) in [4.78, 5) is 5.73. The minimum absolute atomic E-state index is 0.0345. The van der Waals surface area contributed by atoms with E-state index in [1.165, 1.54) is 12.4 Å². The van der Waals surface area contributed by atoms with Crippen molar-refractivity contribution in [3.63, 3.8) is 0 Å². The molecule has 14 heavy (non-hydrogen) atoms. The molecule has 0 spiro atoms. The van der Waals surface area contributed by atoms with Crippen LogP contribution in [0.1, 0.15) is 0 Å². The SMILES string of the molecule is N=c1cnon1NNN1ONC=C1N. The van der Waals surface area contributed by atoms with Crippen molar-refractivity contribution in [3.8, 4) is 0 Å². The highest BCUT2D eigenvalue weighted by atomic mass is 16.8. The number of nitrogens with one attached hydrogen (secondary N) is 4. The summed E-state index contributed by atoms with van der Waals surface area (Å²) < 4.78 is 4.60. The van der Waals surface area contributed by atoms with Gasteiger partial charge >= 0.3 is 0 Å². The first-order valence-corrected chi connectivity index (χ1v) is 3.56. The first-order valence-electron chi connectivity index (χ1n) is 3.56. The summed E-state index contributed by atoms with van der Waals surface area (Å²) in [6.07, 6.45) is 2.65. The summed E-state index contributed by atoms with van der Waals surface area (Å²) in [6.45, 7) is 0. The fourth-order valence-electron chi connectivity index (χ4n) is 0.727. The predicted octanol–water partition coefficient (Wildman–Crippen LogP) is -2.57. The molecule has 0 saturated heterocycles. The molecule has 0 unspecified atom stereocenters. The molecule has 1 aromatic heterocycles. The molecular weight excluding hydrogens is 192 g/mol. The van der Waals surface area contributed by atoms with Crippen LogP contribution in [0.3, 0.4) is 0 Å². The Morgan fingerprint density at radius 2 is 2.43 bits per heavy atom. The lowest BCUT2D eigenvalue weighted by Crippen LogP contribution is -2.47. The minimum atomic E-state index is 0.0345. The Morgan fingerprint density at radius 3 is 3.00 bits per heavy atom. The lowest BCUT2D eigenvalue weighted by Gasteiger charge is -2.16. The third kappa shape index (κ3) is 1.46. The molecule has 76 valence electrons. The first kappa shape index (κ1) is 8.40. The van der Waals surface area contributed by atoms with Crippen molar-refractivity contribution in [1.82, 2.24) is 26.2 Å². The molecule has 1 aromatic rings. The molecule has 2 heterocycles. The molecule has 0 radical (unpaired) electrons. The topological polar surface area (TPSA) is 129 Å². The summed E-state index contributed by atoms with van der Waals surface area (Å²) in [5, 5.41) is 11.7. The molecule has 1 aliphatic rings. The van der Waals surface area contributed by atoms with Gasteiger partial charge in [-0.2, -0.15) is 0 Å². The van der Waals surface area contributed by atoms with E-state index in [1.54, 1.807) is 0 Å². The van der Waals surface area contributed by atoms with Crippen LogP contribution in [0, 0.1) is 5.41 Å². The zero-order valence-corrected chi connectivity index (χ0v) is 6.89. The lowest BCUT2D eigenvalue weighted by atomic mass is 10.8. The second kappa shape index (κ2) is 3.27. The van der Waals surface area contributed by atoms with Gasteiger partial charge in [0.05, 0.1) is 6.20 Å². The maximum atomic E-state index is 7.26. The van der Waals surface area contributed by atoms with Gasteiger partial charge in [-0.15, -0.1) is 15.6 Å². The maximum absolute atomic E-state index is 7.26. The Kier molecular flexibility index (Phi) is 1.96. The molecule has 2 rings (SSSR count). The summed E-state index contributed by atoms with van der Waals surface area (Å²) in [6, 6.07) is 0. The second-order valence-electron chi connectivity index (χ2n) is 2.29. The average Bonchev–Trinajstić information content (AvgIpc) is 2.72. The van der Waals surface area contributed by atoms with Crippen LogP contribution >= 0.6 is 0 Å². The smallest absolute Gasteiger partial charge is 0.206 e. The second-order valence-corrected chi connectivity index (χ2v) is 2.29.